The van der Waals surface area contributed by atoms with Crippen molar-refractivity contribution in [2.75, 3.05) is 39.3 Å². The van der Waals surface area contributed by atoms with E-state index in [2.05, 4.69) is 24.5 Å². The van der Waals surface area contributed by atoms with Crippen LogP contribution in [0.4, 0.5) is 0 Å². The van der Waals surface area contributed by atoms with E-state index in [0.717, 1.165) is 32.4 Å². The zero-order valence-electron chi connectivity index (χ0n) is 19.9. The summed E-state index contributed by atoms with van der Waals surface area (Å²) < 4.78 is 0. The maximum Gasteiger partial charge on any atom is 0.292 e. The molecule has 3 heterocycles. The summed E-state index contributed by atoms with van der Waals surface area (Å²) in [4.78, 5) is 43.2. The van der Waals surface area contributed by atoms with E-state index in [4.69, 9.17) is 0 Å². The van der Waals surface area contributed by atoms with Gasteiger partial charge in [0, 0.05) is 32.7 Å². The van der Waals surface area contributed by atoms with Crippen LogP contribution in [0.15, 0.2) is 0 Å². The van der Waals surface area contributed by atoms with Crippen LogP contribution in [0.3, 0.4) is 0 Å². The third kappa shape index (κ3) is 5.86. The third-order valence-corrected chi connectivity index (χ3v) is 7.29. The number of rotatable bonds is 7. The molecular formula is C24H42N4O3. The number of Topliss-reactive ketones (excluding diaryl/α,β-unsaturated/α-hetero) is 1. The molecule has 0 aromatic rings. The topological polar surface area (TPSA) is 81.8 Å². The van der Waals surface area contributed by atoms with E-state index >= 15 is 0 Å². The Balaban J connectivity index is 1.68. The summed E-state index contributed by atoms with van der Waals surface area (Å²) >= 11 is 0. The predicted octanol–water partition coefficient (Wildman–Crippen LogP) is 1.81. The molecule has 3 fully saturated rings. The lowest BCUT2D eigenvalue weighted by molar-refractivity contribution is -0.153. The molecule has 0 unspecified atom stereocenters. The SMILES string of the molecule is CC(C)C[C@@H]1NCCN([C@@H](CC(C)C)C(=O)C(=O)N2CCC3(CCCNC3)CC2)C1=O. The zero-order chi connectivity index (χ0) is 22.6. The van der Waals surface area contributed by atoms with Crippen LogP contribution in [-0.4, -0.2) is 78.7 Å². The van der Waals surface area contributed by atoms with Crippen molar-refractivity contribution in [3.05, 3.63) is 0 Å². The first-order valence-electron chi connectivity index (χ1n) is 12.3. The first-order chi connectivity index (χ1) is 14.7. The number of ketones is 1. The third-order valence-electron chi connectivity index (χ3n) is 7.29. The second kappa shape index (κ2) is 10.4. The van der Waals surface area contributed by atoms with Crippen LogP contribution < -0.4 is 10.6 Å². The smallest absolute Gasteiger partial charge is 0.292 e. The molecule has 0 aromatic carbocycles. The van der Waals surface area contributed by atoms with Crippen molar-refractivity contribution in [3.8, 4) is 0 Å². The molecule has 0 radical (unpaired) electrons. The minimum atomic E-state index is -0.649. The predicted molar refractivity (Wildman–Crippen MR) is 122 cm³/mol. The number of likely N-dealkylation sites (tertiary alicyclic amines) is 1. The van der Waals surface area contributed by atoms with Gasteiger partial charge in [0.2, 0.25) is 11.7 Å². The first kappa shape index (κ1) is 24.2. The van der Waals surface area contributed by atoms with Crippen LogP contribution >= 0.6 is 0 Å². The molecule has 1 spiro atoms. The molecule has 2 amide bonds. The van der Waals surface area contributed by atoms with Gasteiger partial charge < -0.3 is 20.4 Å². The Labute approximate surface area is 187 Å². The first-order valence-corrected chi connectivity index (χ1v) is 12.3. The lowest BCUT2D eigenvalue weighted by Gasteiger charge is -2.45. The molecule has 7 heteroatoms. The van der Waals surface area contributed by atoms with E-state index in [1.807, 2.05) is 13.8 Å². The van der Waals surface area contributed by atoms with Gasteiger partial charge in [0.25, 0.3) is 5.91 Å². The Morgan fingerprint density at radius 3 is 2.32 bits per heavy atom. The molecular weight excluding hydrogens is 392 g/mol. The lowest BCUT2D eigenvalue weighted by atomic mass is 9.73. The van der Waals surface area contributed by atoms with Gasteiger partial charge in [-0.15, -0.1) is 0 Å². The van der Waals surface area contributed by atoms with Crippen molar-refractivity contribution >= 4 is 17.6 Å². The van der Waals surface area contributed by atoms with Crippen molar-refractivity contribution in [2.24, 2.45) is 17.3 Å². The second-order valence-corrected chi connectivity index (χ2v) is 10.8. The number of amides is 2. The molecule has 7 nitrogen and oxygen atoms in total. The van der Waals surface area contributed by atoms with Gasteiger partial charge in [-0.1, -0.05) is 27.7 Å². The summed E-state index contributed by atoms with van der Waals surface area (Å²) in [7, 11) is 0. The number of carbonyl (C=O) groups excluding carboxylic acids is 3. The number of hydrogen-bond donors (Lipinski definition) is 2. The molecule has 2 N–H and O–H groups in total. The fourth-order valence-electron chi connectivity index (χ4n) is 5.48. The highest BCUT2D eigenvalue weighted by Crippen LogP contribution is 2.37. The number of nitrogens with one attached hydrogen (secondary N) is 2. The lowest BCUT2D eigenvalue weighted by Crippen LogP contribution is -2.62. The van der Waals surface area contributed by atoms with Crippen molar-refractivity contribution < 1.29 is 14.4 Å². The summed E-state index contributed by atoms with van der Waals surface area (Å²) in [5, 5.41) is 6.80. The molecule has 0 aliphatic carbocycles. The summed E-state index contributed by atoms with van der Waals surface area (Å²) in [6.07, 6.45) is 5.58. The van der Waals surface area contributed by atoms with Crippen molar-refractivity contribution in [3.63, 3.8) is 0 Å². The largest absolute Gasteiger partial charge is 0.336 e. The normalized spacial score (nSPS) is 25.4. The van der Waals surface area contributed by atoms with Gasteiger partial charge in [-0.05, 0) is 62.3 Å². The average molecular weight is 435 g/mol. The summed E-state index contributed by atoms with van der Waals surface area (Å²) in [6.45, 7) is 12.8. The minimum Gasteiger partial charge on any atom is -0.336 e. The Morgan fingerprint density at radius 2 is 1.74 bits per heavy atom. The number of piperazine rings is 1. The standard InChI is InChI=1S/C24H42N4O3/c1-17(2)14-19-22(30)28(13-10-26-19)20(15-18(3)4)21(29)23(31)27-11-7-24(8-12-27)6-5-9-25-16-24/h17-20,25-26H,5-16H2,1-4H3/t19-,20-/m0/s1. The average Bonchev–Trinajstić information content (AvgIpc) is 2.73. The highest BCUT2D eigenvalue weighted by atomic mass is 16.2. The van der Waals surface area contributed by atoms with Crippen molar-refractivity contribution in [2.45, 2.75) is 78.3 Å². The van der Waals surface area contributed by atoms with Gasteiger partial charge in [-0.2, -0.15) is 0 Å². The van der Waals surface area contributed by atoms with Crippen molar-refractivity contribution in [1.29, 1.82) is 0 Å². The van der Waals surface area contributed by atoms with E-state index in [9.17, 15) is 14.4 Å². The van der Waals surface area contributed by atoms with Gasteiger partial charge >= 0.3 is 0 Å². The monoisotopic (exact) mass is 434 g/mol. The Hall–Kier alpha value is -1.47. The van der Waals surface area contributed by atoms with Gasteiger partial charge in [0.15, 0.2) is 0 Å². The molecule has 2 atom stereocenters. The minimum absolute atomic E-state index is 0.0300. The van der Waals surface area contributed by atoms with E-state index in [0.29, 0.717) is 38.5 Å². The molecule has 3 aliphatic heterocycles. The van der Waals surface area contributed by atoms with E-state index in [-0.39, 0.29) is 23.3 Å². The molecule has 176 valence electrons. The highest BCUT2D eigenvalue weighted by molar-refractivity contribution is 6.38. The van der Waals surface area contributed by atoms with Crippen LogP contribution in [-0.2, 0) is 14.4 Å². The summed E-state index contributed by atoms with van der Waals surface area (Å²) in [5.74, 6) is -0.207. The van der Waals surface area contributed by atoms with Gasteiger partial charge in [0.05, 0.1) is 6.04 Å². The van der Waals surface area contributed by atoms with Crippen LogP contribution in [0.25, 0.3) is 0 Å². The van der Waals surface area contributed by atoms with Crippen molar-refractivity contribution in [1.82, 2.24) is 20.4 Å². The maximum atomic E-state index is 13.4. The highest BCUT2D eigenvalue weighted by Gasteiger charge is 2.42. The molecule has 3 rings (SSSR count). The number of carbonyl (C=O) groups is 3. The van der Waals surface area contributed by atoms with E-state index in [1.54, 1.807) is 9.80 Å². The zero-order valence-corrected chi connectivity index (χ0v) is 19.9. The van der Waals surface area contributed by atoms with E-state index in [1.165, 1.54) is 12.8 Å². The fourth-order valence-corrected chi connectivity index (χ4v) is 5.48. The molecule has 0 bridgehead atoms. The molecule has 3 aliphatic rings. The number of hydrogen-bond acceptors (Lipinski definition) is 5. The van der Waals surface area contributed by atoms with Gasteiger partial charge in [-0.3, -0.25) is 14.4 Å². The molecule has 0 aromatic heterocycles. The Kier molecular flexibility index (Phi) is 8.14. The van der Waals surface area contributed by atoms with Crippen LogP contribution in [0.5, 0.6) is 0 Å². The number of piperidine rings is 2. The molecule has 3 saturated heterocycles. The van der Waals surface area contributed by atoms with E-state index < -0.39 is 17.7 Å². The molecule has 0 saturated carbocycles. The van der Waals surface area contributed by atoms with Crippen LogP contribution in [0, 0.1) is 17.3 Å². The summed E-state index contributed by atoms with van der Waals surface area (Å²) in [5.41, 5.74) is 0.286. The molecule has 31 heavy (non-hydrogen) atoms. The Bertz CT molecular complexity index is 647. The van der Waals surface area contributed by atoms with Crippen LogP contribution in [0.2, 0.25) is 0 Å². The van der Waals surface area contributed by atoms with Gasteiger partial charge in [-0.25, -0.2) is 0 Å². The fraction of sp³-hybridized carbons (Fsp3) is 0.875. The number of nitrogens with zero attached hydrogens (tertiary/aromatic N) is 2. The van der Waals surface area contributed by atoms with Gasteiger partial charge in [0.1, 0.15) is 6.04 Å². The quantitative estimate of drug-likeness (QED) is 0.597. The maximum absolute atomic E-state index is 13.4. The summed E-state index contributed by atoms with van der Waals surface area (Å²) in [6, 6.07) is -0.913. The second-order valence-electron chi connectivity index (χ2n) is 10.8. The van der Waals surface area contributed by atoms with Crippen LogP contribution in [0.1, 0.15) is 66.2 Å². The Morgan fingerprint density at radius 1 is 1.03 bits per heavy atom.